The van der Waals surface area contributed by atoms with Gasteiger partial charge in [-0.25, -0.2) is 4.79 Å². The standard InChI is InChI=1S/C15H24N4O2/c1-10-13(18-21-14(10)16)11-6-8-19(9-7-11)15(20)17-12-4-2-3-5-12/h11-12H,2-9,16H2,1H3,(H,17,20). The van der Waals surface area contributed by atoms with Crippen LogP contribution >= 0.6 is 0 Å². The molecule has 1 aliphatic carbocycles. The second kappa shape index (κ2) is 5.95. The first kappa shape index (κ1) is 14.2. The fourth-order valence-corrected chi connectivity index (χ4v) is 3.43. The third-order valence-electron chi connectivity index (χ3n) is 4.85. The van der Waals surface area contributed by atoms with Crippen LogP contribution in [-0.4, -0.2) is 35.2 Å². The highest BCUT2D eigenvalue weighted by atomic mass is 16.5. The summed E-state index contributed by atoms with van der Waals surface area (Å²) in [6, 6.07) is 0.476. The van der Waals surface area contributed by atoms with Gasteiger partial charge in [0.05, 0.1) is 5.69 Å². The second-order valence-corrected chi connectivity index (χ2v) is 6.25. The molecule has 0 bridgehead atoms. The van der Waals surface area contributed by atoms with Gasteiger partial charge in [-0.1, -0.05) is 18.0 Å². The summed E-state index contributed by atoms with van der Waals surface area (Å²) >= 11 is 0. The molecule has 0 spiro atoms. The monoisotopic (exact) mass is 292 g/mol. The fraction of sp³-hybridized carbons (Fsp3) is 0.733. The van der Waals surface area contributed by atoms with Crippen LogP contribution in [0.3, 0.4) is 0 Å². The van der Waals surface area contributed by atoms with Gasteiger partial charge in [0.25, 0.3) is 0 Å². The maximum absolute atomic E-state index is 12.2. The van der Waals surface area contributed by atoms with Crippen molar-refractivity contribution in [2.24, 2.45) is 0 Å². The van der Waals surface area contributed by atoms with Crippen LogP contribution < -0.4 is 11.1 Å². The van der Waals surface area contributed by atoms with Crippen molar-refractivity contribution < 1.29 is 9.32 Å². The van der Waals surface area contributed by atoms with Crippen molar-refractivity contribution in [1.29, 1.82) is 0 Å². The van der Waals surface area contributed by atoms with E-state index in [-0.39, 0.29) is 6.03 Å². The average molecular weight is 292 g/mol. The molecular weight excluding hydrogens is 268 g/mol. The summed E-state index contributed by atoms with van der Waals surface area (Å²) in [6.45, 7) is 3.49. The van der Waals surface area contributed by atoms with Crippen molar-refractivity contribution >= 4 is 11.9 Å². The quantitative estimate of drug-likeness (QED) is 0.876. The van der Waals surface area contributed by atoms with Gasteiger partial charge in [0.15, 0.2) is 0 Å². The molecular formula is C15H24N4O2. The molecule has 3 N–H and O–H groups in total. The van der Waals surface area contributed by atoms with Crippen LogP contribution in [0.2, 0.25) is 0 Å². The number of urea groups is 1. The number of amides is 2. The third kappa shape index (κ3) is 2.99. The Bertz CT molecular complexity index is 500. The number of nitrogens with two attached hydrogens (primary N) is 1. The lowest BCUT2D eigenvalue weighted by atomic mass is 9.91. The highest BCUT2D eigenvalue weighted by molar-refractivity contribution is 5.74. The smallest absolute Gasteiger partial charge is 0.317 e. The topological polar surface area (TPSA) is 84.4 Å². The molecule has 3 rings (SSSR count). The maximum Gasteiger partial charge on any atom is 0.317 e. The number of piperidine rings is 1. The largest absolute Gasteiger partial charge is 0.367 e. The molecule has 1 aliphatic heterocycles. The van der Waals surface area contributed by atoms with Crippen molar-refractivity contribution in [3.05, 3.63) is 11.3 Å². The summed E-state index contributed by atoms with van der Waals surface area (Å²) in [4.78, 5) is 14.2. The maximum atomic E-state index is 12.2. The molecule has 6 nitrogen and oxygen atoms in total. The zero-order valence-corrected chi connectivity index (χ0v) is 12.6. The first-order valence-corrected chi connectivity index (χ1v) is 7.92. The fourth-order valence-electron chi connectivity index (χ4n) is 3.43. The van der Waals surface area contributed by atoms with Gasteiger partial charge >= 0.3 is 6.03 Å². The van der Waals surface area contributed by atoms with Crippen molar-refractivity contribution in [2.45, 2.75) is 57.4 Å². The van der Waals surface area contributed by atoms with Crippen LogP contribution in [0.1, 0.15) is 55.7 Å². The number of carbonyl (C=O) groups is 1. The molecule has 0 aromatic carbocycles. The molecule has 2 aliphatic rings. The minimum atomic E-state index is 0.0942. The van der Waals surface area contributed by atoms with E-state index in [9.17, 15) is 4.79 Å². The van der Waals surface area contributed by atoms with Gasteiger partial charge < -0.3 is 20.5 Å². The highest BCUT2D eigenvalue weighted by Gasteiger charge is 2.28. The summed E-state index contributed by atoms with van der Waals surface area (Å²) in [5.41, 5.74) is 7.62. The van der Waals surface area contributed by atoms with Crippen LogP contribution in [0.5, 0.6) is 0 Å². The molecule has 1 aromatic heterocycles. The van der Waals surface area contributed by atoms with E-state index in [1.165, 1.54) is 12.8 Å². The number of hydrogen-bond acceptors (Lipinski definition) is 4. The molecule has 1 saturated carbocycles. The summed E-state index contributed by atoms with van der Waals surface area (Å²) < 4.78 is 5.05. The SMILES string of the molecule is Cc1c(C2CCN(C(=O)NC3CCCC3)CC2)noc1N. The Hall–Kier alpha value is -1.72. The number of hydrogen-bond donors (Lipinski definition) is 2. The zero-order valence-electron chi connectivity index (χ0n) is 12.6. The van der Waals surface area contributed by atoms with Gasteiger partial charge in [0.2, 0.25) is 5.88 Å². The number of nitrogens with one attached hydrogen (secondary N) is 1. The molecule has 0 atom stereocenters. The van der Waals surface area contributed by atoms with Gasteiger partial charge in [-0.2, -0.15) is 0 Å². The minimum absolute atomic E-state index is 0.0942. The average Bonchev–Trinajstić information content (AvgIpc) is 3.11. The van der Waals surface area contributed by atoms with Crippen LogP contribution in [0.15, 0.2) is 4.52 Å². The Morgan fingerprint density at radius 3 is 2.52 bits per heavy atom. The molecule has 6 heteroatoms. The Morgan fingerprint density at radius 1 is 1.29 bits per heavy atom. The van der Waals surface area contributed by atoms with E-state index in [1.807, 2.05) is 11.8 Å². The molecule has 1 saturated heterocycles. The molecule has 1 aromatic rings. The Labute approximate surface area is 125 Å². The van der Waals surface area contributed by atoms with Gasteiger partial charge in [-0.3, -0.25) is 0 Å². The van der Waals surface area contributed by atoms with E-state index in [0.717, 1.165) is 50.0 Å². The van der Waals surface area contributed by atoms with Crippen LogP contribution in [0.25, 0.3) is 0 Å². The number of carbonyl (C=O) groups excluding carboxylic acids is 1. The molecule has 0 radical (unpaired) electrons. The second-order valence-electron chi connectivity index (χ2n) is 6.25. The molecule has 2 heterocycles. The van der Waals surface area contributed by atoms with Crippen LogP contribution in [0, 0.1) is 6.92 Å². The van der Waals surface area contributed by atoms with Crippen LogP contribution in [-0.2, 0) is 0 Å². The number of aromatic nitrogens is 1. The molecule has 2 amide bonds. The Morgan fingerprint density at radius 2 is 1.95 bits per heavy atom. The lowest BCUT2D eigenvalue weighted by Crippen LogP contribution is -2.47. The van der Waals surface area contributed by atoms with Crippen molar-refractivity contribution in [3.8, 4) is 0 Å². The number of nitrogens with zero attached hydrogens (tertiary/aromatic N) is 2. The van der Waals surface area contributed by atoms with Crippen molar-refractivity contribution in [1.82, 2.24) is 15.4 Å². The number of likely N-dealkylation sites (tertiary alicyclic amines) is 1. The first-order chi connectivity index (χ1) is 10.1. The number of anilines is 1. The predicted molar refractivity (Wildman–Crippen MR) is 80.0 cm³/mol. The normalized spacial score (nSPS) is 20.9. The Balaban J connectivity index is 1.52. The van der Waals surface area contributed by atoms with Gasteiger partial charge in [-0.05, 0) is 32.6 Å². The third-order valence-corrected chi connectivity index (χ3v) is 4.85. The van der Waals surface area contributed by atoms with E-state index >= 15 is 0 Å². The summed E-state index contributed by atoms with van der Waals surface area (Å²) in [5.74, 6) is 0.757. The van der Waals surface area contributed by atoms with Crippen molar-refractivity contribution in [2.75, 3.05) is 18.8 Å². The summed E-state index contributed by atoms with van der Waals surface area (Å²) in [6.07, 6.45) is 6.56. The highest BCUT2D eigenvalue weighted by Crippen LogP contribution is 2.31. The predicted octanol–water partition coefficient (Wildman–Crippen LogP) is 2.40. The van der Waals surface area contributed by atoms with E-state index in [4.69, 9.17) is 10.3 Å². The summed E-state index contributed by atoms with van der Waals surface area (Å²) in [7, 11) is 0. The number of nitrogen functional groups attached to an aromatic ring is 1. The minimum Gasteiger partial charge on any atom is -0.367 e. The molecule has 0 unspecified atom stereocenters. The first-order valence-electron chi connectivity index (χ1n) is 7.92. The summed E-state index contributed by atoms with van der Waals surface area (Å²) in [5, 5.41) is 7.22. The molecule has 2 fully saturated rings. The van der Waals surface area contributed by atoms with Crippen molar-refractivity contribution in [3.63, 3.8) is 0 Å². The van der Waals surface area contributed by atoms with Gasteiger partial charge in [-0.15, -0.1) is 0 Å². The van der Waals surface area contributed by atoms with E-state index < -0.39 is 0 Å². The number of rotatable bonds is 2. The van der Waals surface area contributed by atoms with Crippen LogP contribution in [0.4, 0.5) is 10.7 Å². The molecule has 21 heavy (non-hydrogen) atoms. The van der Waals surface area contributed by atoms with E-state index in [1.54, 1.807) is 0 Å². The lowest BCUT2D eigenvalue weighted by Gasteiger charge is -2.32. The van der Waals surface area contributed by atoms with E-state index in [2.05, 4.69) is 10.5 Å². The Kier molecular flexibility index (Phi) is 4.03. The molecule has 116 valence electrons. The zero-order chi connectivity index (χ0) is 14.8. The van der Waals surface area contributed by atoms with E-state index in [0.29, 0.717) is 17.8 Å². The van der Waals surface area contributed by atoms with Gasteiger partial charge in [0.1, 0.15) is 0 Å². The van der Waals surface area contributed by atoms with Gasteiger partial charge in [0, 0.05) is 30.6 Å². The lowest BCUT2D eigenvalue weighted by molar-refractivity contribution is 0.176.